The van der Waals surface area contributed by atoms with Crippen LogP contribution < -0.4 is 4.74 Å². The van der Waals surface area contributed by atoms with Gasteiger partial charge in [-0.1, -0.05) is 6.08 Å². The molecule has 1 saturated carbocycles. The van der Waals surface area contributed by atoms with Crippen LogP contribution in [-0.2, 0) is 6.42 Å². The quantitative estimate of drug-likeness (QED) is 0.755. The van der Waals surface area contributed by atoms with Gasteiger partial charge >= 0.3 is 0 Å². The van der Waals surface area contributed by atoms with Crippen LogP contribution in [0, 0.1) is 31.6 Å². The highest BCUT2D eigenvalue weighted by atomic mass is 16.5. The molecular weight excluding hydrogens is 236 g/mol. The van der Waals surface area contributed by atoms with Crippen molar-refractivity contribution in [1.82, 2.24) is 0 Å². The molecule has 3 rings (SSSR count). The second kappa shape index (κ2) is 5.20. The summed E-state index contributed by atoms with van der Waals surface area (Å²) in [6.07, 6.45) is 11.7. The molecule has 19 heavy (non-hydrogen) atoms. The van der Waals surface area contributed by atoms with E-state index in [1.165, 1.54) is 0 Å². The summed E-state index contributed by atoms with van der Waals surface area (Å²) in [6, 6.07) is 5.68. The zero-order chi connectivity index (χ0) is 13.2. The zero-order valence-electron chi connectivity index (χ0n) is 10.8. The van der Waals surface area contributed by atoms with Crippen LogP contribution in [0.4, 0.5) is 0 Å². The molecule has 0 heterocycles. The fourth-order valence-corrected chi connectivity index (χ4v) is 2.51. The maximum atomic E-state index is 12.4. The van der Waals surface area contributed by atoms with Crippen LogP contribution in [-0.4, -0.2) is 12.9 Å². The Morgan fingerprint density at radius 2 is 1.95 bits per heavy atom. The lowest BCUT2D eigenvalue weighted by molar-refractivity contribution is 0.102. The van der Waals surface area contributed by atoms with Crippen LogP contribution in [0.15, 0.2) is 29.8 Å². The highest BCUT2D eigenvalue weighted by molar-refractivity contribution is 6.11. The minimum atomic E-state index is 0.144. The van der Waals surface area contributed by atoms with Crippen molar-refractivity contribution in [3.05, 3.63) is 72.6 Å². The molecule has 0 amide bonds. The van der Waals surface area contributed by atoms with E-state index in [9.17, 15) is 4.79 Å². The zero-order valence-corrected chi connectivity index (χ0v) is 10.8. The second-order valence-corrected chi connectivity index (χ2v) is 4.74. The number of carbonyl (C=O) groups excluding carboxylic acids is 1. The lowest BCUT2D eigenvalue weighted by Crippen LogP contribution is -2.15. The Labute approximate surface area is 114 Å². The first-order chi connectivity index (χ1) is 9.28. The number of fused-ring (bicyclic) bond motifs is 1. The number of aryl methyl sites for hydroxylation is 1. The maximum Gasteiger partial charge on any atom is 0.189 e. The molecule has 0 N–H and O–H groups in total. The predicted octanol–water partition coefficient (Wildman–Crippen LogP) is 3.16. The summed E-state index contributed by atoms with van der Waals surface area (Å²) in [4.78, 5) is 12.4. The van der Waals surface area contributed by atoms with Gasteiger partial charge in [0, 0.05) is 11.5 Å². The van der Waals surface area contributed by atoms with Gasteiger partial charge in [0.15, 0.2) is 5.78 Å². The van der Waals surface area contributed by atoms with Gasteiger partial charge in [-0.05, 0) is 67.9 Å². The molecule has 0 aromatic heterocycles. The number of ether oxygens (including phenoxy) is 1. The Hall–Kier alpha value is -1.57. The minimum Gasteiger partial charge on any atom is -0.497 e. The average molecular weight is 251 g/mol. The normalized spacial score (nSPS) is 21.7. The van der Waals surface area contributed by atoms with Gasteiger partial charge in [-0.15, -0.1) is 0 Å². The van der Waals surface area contributed by atoms with Crippen molar-refractivity contribution in [2.24, 2.45) is 0 Å². The fraction of sp³-hybridized carbons (Fsp3) is 0.176. The molecule has 0 bridgehead atoms. The van der Waals surface area contributed by atoms with E-state index in [0.717, 1.165) is 41.2 Å². The van der Waals surface area contributed by atoms with Crippen LogP contribution in [0.3, 0.4) is 0 Å². The van der Waals surface area contributed by atoms with E-state index < -0.39 is 0 Å². The van der Waals surface area contributed by atoms with E-state index >= 15 is 0 Å². The van der Waals surface area contributed by atoms with Crippen molar-refractivity contribution < 1.29 is 9.53 Å². The number of Topliss-reactive ketones (excluding diaryl/α,β-unsaturated/α-hetero) is 1. The van der Waals surface area contributed by atoms with E-state index in [-0.39, 0.29) is 5.78 Å². The van der Waals surface area contributed by atoms with Gasteiger partial charge in [-0.3, -0.25) is 4.79 Å². The predicted molar refractivity (Wildman–Crippen MR) is 74.2 cm³/mol. The first-order valence-electron chi connectivity index (χ1n) is 6.42. The molecular formula is C17H15O2. The largest absolute Gasteiger partial charge is 0.497 e. The average Bonchev–Trinajstić information content (AvgIpc) is 2.94. The topological polar surface area (TPSA) is 26.3 Å². The van der Waals surface area contributed by atoms with Gasteiger partial charge in [0.2, 0.25) is 0 Å². The van der Waals surface area contributed by atoms with Crippen LogP contribution in [0.5, 0.6) is 5.75 Å². The second-order valence-electron chi connectivity index (χ2n) is 4.74. The van der Waals surface area contributed by atoms with Crippen molar-refractivity contribution in [2.45, 2.75) is 12.8 Å². The Kier molecular flexibility index (Phi) is 3.41. The highest BCUT2D eigenvalue weighted by Crippen LogP contribution is 2.32. The summed E-state index contributed by atoms with van der Waals surface area (Å²) >= 11 is 0. The number of benzene rings is 1. The molecule has 2 aliphatic rings. The van der Waals surface area contributed by atoms with Crippen molar-refractivity contribution >= 4 is 5.78 Å². The van der Waals surface area contributed by atoms with Crippen molar-refractivity contribution in [1.29, 1.82) is 0 Å². The summed E-state index contributed by atoms with van der Waals surface area (Å²) in [5, 5.41) is 0. The van der Waals surface area contributed by atoms with Gasteiger partial charge in [0.25, 0.3) is 0 Å². The molecule has 0 unspecified atom stereocenters. The summed E-state index contributed by atoms with van der Waals surface area (Å²) in [7, 11) is 1.65. The maximum absolute atomic E-state index is 12.4. The van der Waals surface area contributed by atoms with E-state index in [1.54, 1.807) is 7.11 Å². The number of hydrogen-bond acceptors (Lipinski definition) is 2. The van der Waals surface area contributed by atoms with E-state index in [1.807, 2.05) is 50.0 Å². The standard InChI is InChI=1S/C17H15O2/c1-19-15-8-9-16-13(11-15)6-7-14(17(16)18)10-12-4-2-3-5-12/h2-5,8-11H,6-7H2,1H3/b14-10+. The summed E-state index contributed by atoms with van der Waals surface area (Å²) in [5.74, 6) is 2.06. The molecule has 0 aliphatic heterocycles. The number of allylic oxidation sites excluding steroid dienone is 2. The summed E-state index contributed by atoms with van der Waals surface area (Å²) in [5.41, 5.74) is 2.79. The molecule has 2 aliphatic carbocycles. The van der Waals surface area contributed by atoms with Gasteiger partial charge in [0.05, 0.1) is 7.11 Å². The van der Waals surface area contributed by atoms with Crippen LogP contribution in [0.1, 0.15) is 22.3 Å². The fourth-order valence-electron chi connectivity index (χ4n) is 2.51. The molecule has 0 spiro atoms. The first-order valence-corrected chi connectivity index (χ1v) is 6.42. The number of hydrogen-bond donors (Lipinski definition) is 0. The third kappa shape index (κ3) is 2.44. The summed E-state index contributed by atoms with van der Waals surface area (Å²) < 4.78 is 5.20. The SMILES string of the molecule is COc1ccc2c(c1)CC/C(=C\[C]1[CH][CH][CH][CH]1)C2=O. The third-order valence-corrected chi connectivity index (χ3v) is 3.54. The minimum absolute atomic E-state index is 0.144. The van der Waals surface area contributed by atoms with Crippen LogP contribution in [0.2, 0.25) is 0 Å². The number of carbonyl (C=O) groups is 1. The molecule has 2 heteroatoms. The van der Waals surface area contributed by atoms with Crippen LogP contribution >= 0.6 is 0 Å². The smallest absolute Gasteiger partial charge is 0.189 e. The lowest BCUT2D eigenvalue weighted by atomic mass is 9.85. The third-order valence-electron chi connectivity index (χ3n) is 3.54. The van der Waals surface area contributed by atoms with E-state index in [4.69, 9.17) is 4.74 Å². The monoisotopic (exact) mass is 251 g/mol. The molecule has 95 valence electrons. The van der Waals surface area contributed by atoms with Crippen molar-refractivity contribution in [3.63, 3.8) is 0 Å². The van der Waals surface area contributed by atoms with Gasteiger partial charge in [-0.2, -0.15) is 0 Å². The highest BCUT2D eigenvalue weighted by Gasteiger charge is 2.24. The van der Waals surface area contributed by atoms with E-state index in [2.05, 4.69) is 0 Å². The Balaban J connectivity index is 1.87. The van der Waals surface area contributed by atoms with Crippen LogP contribution in [0.25, 0.3) is 0 Å². The summed E-state index contributed by atoms with van der Waals surface area (Å²) in [6.45, 7) is 0. The van der Waals surface area contributed by atoms with Gasteiger partial charge < -0.3 is 4.74 Å². The number of rotatable bonds is 2. The molecule has 1 aromatic carbocycles. The van der Waals surface area contributed by atoms with Gasteiger partial charge in [-0.25, -0.2) is 0 Å². The number of ketones is 1. The Bertz CT molecular complexity index is 522. The lowest BCUT2D eigenvalue weighted by Gasteiger charge is -2.19. The molecule has 0 atom stereocenters. The van der Waals surface area contributed by atoms with Crippen molar-refractivity contribution in [3.8, 4) is 5.75 Å². The number of methoxy groups -OCH3 is 1. The Morgan fingerprint density at radius 1 is 1.16 bits per heavy atom. The molecule has 2 nitrogen and oxygen atoms in total. The molecule has 5 radical (unpaired) electrons. The first kappa shape index (κ1) is 12.5. The van der Waals surface area contributed by atoms with E-state index in [0.29, 0.717) is 0 Å². The molecule has 1 fully saturated rings. The molecule has 0 saturated heterocycles. The Morgan fingerprint density at radius 3 is 2.68 bits per heavy atom. The van der Waals surface area contributed by atoms with Gasteiger partial charge in [0.1, 0.15) is 5.75 Å². The molecule has 1 aromatic rings. The van der Waals surface area contributed by atoms with Crippen molar-refractivity contribution in [2.75, 3.05) is 7.11 Å².